The number of nitrogens with one attached hydrogen (secondary N) is 2. The SMILES string of the molecule is CCc1ccc(NC(=O)NC2CC2)cc1. The third kappa shape index (κ3) is 2.98. The molecule has 0 spiro atoms. The van der Waals surface area contributed by atoms with E-state index in [1.165, 1.54) is 5.56 Å². The molecule has 0 bridgehead atoms. The van der Waals surface area contributed by atoms with Crippen molar-refractivity contribution in [3.8, 4) is 0 Å². The second-order valence-corrected chi connectivity index (χ2v) is 3.92. The van der Waals surface area contributed by atoms with Crippen LogP contribution in [-0.2, 0) is 6.42 Å². The van der Waals surface area contributed by atoms with E-state index < -0.39 is 0 Å². The van der Waals surface area contributed by atoms with Gasteiger partial charge in [-0.1, -0.05) is 19.1 Å². The Labute approximate surface area is 89.9 Å². The van der Waals surface area contributed by atoms with Crippen LogP contribution in [0.15, 0.2) is 24.3 Å². The van der Waals surface area contributed by atoms with Gasteiger partial charge < -0.3 is 10.6 Å². The molecule has 0 aromatic heterocycles. The summed E-state index contributed by atoms with van der Waals surface area (Å²) in [6.45, 7) is 2.11. The highest BCUT2D eigenvalue weighted by Crippen LogP contribution is 2.18. The van der Waals surface area contributed by atoms with Gasteiger partial charge in [-0.15, -0.1) is 0 Å². The highest BCUT2D eigenvalue weighted by molar-refractivity contribution is 5.89. The minimum Gasteiger partial charge on any atom is -0.335 e. The maximum Gasteiger partial charge on any atom is 0.319 e. The van der Waals surface area contributed by atoms with Crippen molar-refractivity contribution in [2.75, 3.05) is 5.32 Å². The Kier molecular flexibility index (Phi) is 2.90. The highest BCUT2D eigenvalue weighted by atomic mass is 16.2. The number of benzene rings is 1. The Balaban J connectivity index is 1.88. The van der Waals surface area contributed by atoms with Crippen LogP contribution >= 0.6 is 0 Å². The molecule has 3 heteroatoms. The highest BCUT2D eigenvalue weighted by Gasteiger charge is 2.22. The molecule has 1 saturated carbocycles. The fourth-order valence-electron chi connectivity index (χ4n) is 1.40. The summed E-state index contributed by atoms with van der Waals surface area (Å²) in [7, 11) is 0. The van der Waals surface area contributed by atoms with E-state index in [1.54, 1.807) is 0 Å². The molecule has 1 aromatic rings. The number of hydrogen-bond acceptors (Lipinski definition) is 1. The van der Waals surface area contributed by atoms with E-state index in [0.29, 0.717) is 6.04 Å². The molecule has 0 heterocycles. The number of carbonyl (C=O) groups is 1. The summed E-state index contributed by atoms with van der Waals surface area (Å²) < 4.78 is 0. The average molecular weight is 204 g/mol. The molecule has 0 atom stereocenters. The zero-order chi connectivity index (χ0) is 10.7. The zero-order valence-corrected chi connectivity index (χ0v) is 8.92. The van der Waals surface area contributed by atoms with Gasteiger partial charge in [0, 0.05) is 11.7 Å². The number of aryl methyl sites for hydroxylation is 1. The quantitative estimate of drug-likeness (QED) is 0.780. The fraction of sp³-hybridized carbons (Fsp3) is 0.417. The van der Waals surface area contributed by atoms with Crippen molar-refractivity contribution >= 4 is 11.7 Å². The van der Waals surface area contributed by atoms with Gasteiger partial charge in [0.25, 0.3) is 0 Å². The van der Waals surface area contributed by atoms with Crippen molar-refractivity contribution in [2.24, 2.45) is 0 Å². The molecule has 2 N–H and O–H groups in total. The van der Waals surface area contributed by atoms with Gasteiger partial charge in [0.2, 0.25) is 0 Å². The van der Waals surface area contributed by atoms with E-state index in [1.807, 2.05) is 24.3 Å². The molecule has 0 radical (unpaired) electrons. The van der Waals surface area contributed by atoms with Crippen molar-refractivity contribution in [2.45, 2.75) is 32.2 Å². The monoisotopic (exact) mass is 204 g/mol. The topological polar surface area (TPSA) is 41.1 Å². The molecule has 0 aliphatic heterocycles. The first-order valence-corrected chi connectivity index (χ1v) is 5.44. The third-order valence-corrected chi connectivity index (χ3v) is 2.53. The van der Waals surface area contributed by atoms with Gasteiger partial charge in [-0.2, -0.15) is 0 Å². The van der Waals surface area contributed by atoms with E-state index in [9.17, 15) is 4.79 Å². The van der Waals surface area contributed by atoms with Crippen molar-refractivity contribution in [3.63, 3.8) is 0 Å². The van der Waals surface area contributed by atoms with Crippen LogP contribution in [-0.4, -0.2) is 12.1 Å². The van der Waals surface area contributed by atoms with E-state index in [2.05, 4.69) is 17.6 Å². The average Bonchev–Trinajstić information content (AvgIpc) is 3.03. The summed E-state index contributed by atoms with van der Waals surface area (Å²) in [5, 5.41) is 5.70. The number of amides is 2. The van der Waals surface area contributed by atoms with Crippen LogP contribution in [0.1, 0.15) is 25.3 Å². The second kappa shape index (κ2) is 4.34. The molecular weight excluding hydrogens is 188 g/mol. The molecule has 80 valence electrons. The zero-order valence-electron chi connectivity index (χ0n) is 8.92. The summed E-state index contributed by atoms with van der Waals surface area (Å²) in [6.07, 6.45) is 3.25. The first-order valence-electron chi connectivity index (χ1n) is 5.44. The second-order valence-electron chi connectivity index (χ2n) is 3.92. The first kappa shape index (κ1) is 10.0. The summed E-state index contributed by atoms with van der Waals surface area (Å²) >= 11 is 0. The van der Waals surface area contributed by atoms with Crippen molar-refractivity contribution in [3.05, 3.63) is 29.8 Å². The van der Waals surface area contributed by atoms with Crippen LogP contribution in [0.3, 0.4) is 0 Å². The van der Waals surface area contributed by atoms with Gasteiger partial charge in [-0.05, 0) is 37.0 Å². The van der Waals surface area contributed by atoms with Gasteiger partial charge in [0.05, 0.1) is 0 Å². The molecule has 3 nitrogen and oxygen atoms in total. The summed E-state index contributed by atoms with van der Waals surface area (Å²) in [6, 6.07) is 8.25. The van der Waals surface area contributed by atoms with E-state index in [-0.39, 0.29) is 6.03 Å². The predicted octanol–water partition coefficient (Wildman–Crippen LogP) is 2.53. The molecule has 2 rings (SSSR count). The molecular formula is C12H16N2O. The number of hydrogen-bond donors (Lipinski definition) is 2. The number of rotatable bonds is 3. The predicted molar refractivity (Wildman–Crippen MR) is 61.0 cm³/mol. The Bertz CT molecular complexity index is 341. The lowest BCUT2D eigenvalue weighted by Gasteiger charge is -2.06. The van der Waals surface area contributed by atoms with Crippen LogP contribution in [0.5, 0.6) is 0 Å². The van der Waals surface area contributed by atoms with E-state index >= 15 is 0 Å². The number of carbonyl (C=O) groups excluding carboxylic acids is 1. The lowest BCUT2D eigenvalue weighted by molar-refractivity contribution is 0.251. The number of anilines is 1. The third-order valence-electron chi connectivity index (χ3n) is 2.53. The van der Waals surface area contributed by atoms with Gasteiger partial charge in [0.15, 0.2) is 0 Å². The normalized spacial score (nSPS) is 14.7. The van der Waals surface area contributed by atoms with Gasteiger partial charge in [-0.3, -0.25) is 0 Å². The van der Waals surface area contributed by atoms with Crippen molar-refractivity contribution < 1.29 is 4.79 Å². The first-order chi connectivity index (χ1) is 7.28. The molecule has 1 aromatic carbocycles. The molecule has 1 fully saturated rings. The molecule has 15 heavy (non-hydrogen) atoms. The van der Waals surface area contributed by atoms with Crippen LogP contribution in [0.2, 0.25) is 0 Å². The van der Waals surface area contributed by atoms with Gasteiger partial charge in [0.1, 0.15) is 0 Å². The summed E-state index contributed by atoms with van der Waals surface area (Å²) in [4.78, 5) is 11.4. The maximum absolute atomic E-state index is 11.4. The number of urea groups is 1. The minimum absolute atomic E-state index is 0.0956. The molecule has 1 aliphatic carbocycles. The van der Waals surface area contributed by atoms with Crippen molar-refractivity contribution in [1.29, 1.82) is 0 Å². The van der Waals surface area contributed by atoms with Crippen LogP contribution < -0.4 is 10.6 Å². The molecule has 0 saturated heterocycles. The van der Waals surface area contributed by atoms with Crippen LogP contribution in [0.4, 0.5) is 10.5 Å². The molecule has 0 unspecified atom stereocenters. The van der Waals surface area contributed by atoms with E-state index in [4.69, 9.17) is 0 Å². The Morgan fingerprint density at radius 1 is 1.33 bits per heavy atom. The Morgan fingerprint density at radius 3 is 2.53 bits per heavy atom. The smallest absolute Gasteiger partial charge is 0.319 e. The lowest BCUT2D eigenvalue weighted by atomic mass is 10.1. The largest absolute Gasteiger partial charge is 0.335 e. The van der Waals surface area contributed by atoms with Gasteiger partial charge >= 0.3 is 6.03 Å². The van der Waals surface area contributed by atoms with Crippen LogP contribution in [0.25, 0.3) is 0 Å². The standard InChI is InChI=1S/C12H16N2O/c1-2-9-3-5-10(6-4-9)13-12(15)14-11-7-8-11/h3-6,11H,2,7-8H2,1H3,(H2,13,14,15). The lowest BCUT2D eigenvalue weighted by Crippen LogP contribution is -2.30. The summed E-state index contributed by atoms with van der Waals surface area (Å²) in [5.74, 6) is 0. The fourth-order valence-corrected chi connectivity index (χ4v) is 1.40. The van der Waals surface area contributed by atoms with Crippen LogP contribution in [0, 0.1) is 0 Å². The van der Waals surface area contributed by atoms with E-state index in [0.717, 1.165) is 24.9 Å². The Hall–Kier alpha value is -1.51. The summed E-state index contributed by atoms with van der Waals surface area (Å²) in [5.41, 5.74) is 2.13. The Morgan fingerprint density at radius 2 is 2.00 bits per heavy atom. The minimum atomic E-state index is -0.0956. The maximum atomic E-state index is 11.4. The van der Waals surface area contributed by atoms with Gasteiger partial charge in [-0.25, -0.2) is 4.79 Å². The molecule has 2 amide bonds. The molecule has 1 aliphatic rings. The van der Waals surface area contributed by atoms with Crippen molar-refractivity contribution in [1.82, 2.24) is 5.32 Å².